The normalized spacial score (nSPS) is 33.4. The molecule has 2 amide bonds. The van der Waals surface area contributed by atoms with Gasteiger partial charge in [0.25, 0.3) is 5.69 Å². The lowest BCUT2D eigenvalue weighted by Crippen LogP contribution is -2.77. The lowest BCUT2D eigenvalue weighted by molar-refractivity contribution is -0.384. The van der Waals surface area contributed by atoms with E-state index in [1.54, 1.807) is 12.1 Å². The summed E-state index contributed by atoms with van der Waals surface area (Å²) in [6, 6.07) is 6.54. The molecule has 5 aliphatic rings. The number of nitrogens with one attached hydrogen (secondary N) is 1. The second-order valence-electron chi connectivity index (χ2n) is 13.3. The molecule has 208 valence electrons. The summed E-state index contributed by atoms with van der Waals surface area (Å²) in [5.41, 5.74) is -0.403. The van der Waals surface area contributed by atoms with Gasteiger partial charge in [0.2, 0.25) is 11.8 Å². The molecule has 1 N–H and O–H groups in total. The molecule has 8 nitrogen and oxygen atoms in total. The van der Waals surface area contributed by atoms with Gasteiger partial charge in [0, 0.05) is 42.1 Å². The first-order valence-electron chi connectivity index (χ1n) is 14.6. The number of non-ortho nitro benzene ring substituents is 1. The largest absolute Gasteiger partial charge is 0.352 e. The molecule has 1 aromatic carbocycles. The van der Waals surface area contributed by atoms with E-state index in [2.05, 4.69) is 24.2 Å². The molecule has 3 heterocycles. The lowest BCUT2D eigenvalue weighted by Gasteiger charge is -2.66. The number of rotatable bonds is 6. The standard InChI is InChI=1S/C30H44N4O4/c1-6-10-23-24-17-20-18-32(5)26(23)30(20,19-13-15-22(16-14-19)34(37)38)33(28(36)29(2,3)4)25(24)27(35)31-21-11-8-7-9-12-21/h13-16,20-21,23-26H,6-12,17-18H2,1-5H3,(H,31,35)/t20-,23+,24+,25-,26-,30-/m0/s1. The molecule has 0 spiro atoms. The van der Waals surface area contributed by atoms with Gasteiger partial charge < -0.3 is 15.1 Å². The van der Waals surface area contributed by atoms with Crippen molar-refractivity contribution in [1.29, 1.82) is 0 Å². The van der Waals surface area contributed by atoms with Gasteiger partial charge in [0.1, 0.15) is 6.04 Å². The van der Waals surface area contributed by atoms with Crippen LogP contribution in [-0.4, -0.2) is 58.3 Å². The molecule has 1 aromatic rings. The minimum atomic E-state index is -0.697. The predicted octanol–water partition coefficient (Wildman–Crippen LogP) is 4.86. The lowest BCUT2D eigenvalue weighted by atomic mass is 9.52. The highest BCUT2D eigenvalue weighted by Crippen LogP contribution is 2.64. The highest BCUT2D eigenvalue weighted by molar-refractivity contribution is 5.92. The monoisotopic (exact) mass is 524 g/mol. The molecule has 4 bridgehead atoms. The van der Waals surface area contributed by atoms with Gasteiger partial charge in [0.15, 0.2) is 0 Å². The Kier molecular flexibility index (Phi) is 7.08. The van der Waals surface area contributed by atoms with Crippen LogP contribution in [0, 0.1) is 33.3 Å². The van der Waals surface area contributed by atoms with Crippen molar-refractivity contribution in [2.24, 2.45) is 23.2 Å². The molecule has 0 aromatic heterocycles. The summed E-state index contributed by atoms with van der Waals surface area (Å²) in [6.45, 7) is 8.86. The number of benzene rings is 1. The summed E-state index contributed by atoms with van der Waals surface area (Å²) >= 11 is 0. The van der Waals surface area contributed by atoms with Gasteiger partial charge >= 0.3 is 0 Å². The number of piperidine rings is 2. The molecule has 2 saturated carbocycles. The van der Waals surface area contributed by atoms with Crippen LogP contribution in [0.3, 0.4) is 0 Å². The third-order valence-electron chi connectivity index (χ3n) is 9.89. The van der Waals surface area contributed by atoms with Crippen molar-refractivity contribution in [3.05, 3.63) is 39.9 Å². The zero-order valence-electron chi connectivity index (χ0n) is 23.6. The third kappa shape index (κ3) is 4.14. The Labute approximate surface area is 226 Å². The smallest absolute Gasteiger partial charge is 0.269 e. The van der Waals surface area contributed by atoms with Gasteiger partial charge in [-0.2, -0.15) is 0 Å². The van der Waals surface area contributed by atoms with E-state index in [-0.39, 0.29) is 52.3 Å². The number of nitrogens with zero attached hydrogens (tertiary/aromatic N) is 3. The topological polar surface area (TPSA) is 95.8 Å². The Hall–Kier alpha value is -2.48. The fraction of sp³-hybridized carbons (Fsp3) is 0.733. The number of nitro benzene ring substituents is 1. The van der Waals surface area contributed by atoms with Crippen LogP contribution < -0.4 is 5.32 Å². The van der Waals surface area contributed by atoms with Crippen molar-refractivity contribution >= 4 is 17.5 Å². The second-order valence-corrected chi connectivity index (χ2v) is 13.3. The van der Waals surface area contributed by atoms with Crippen LogP contribution in [0.5, 0.6) is 0 Å². The first-order chi connectivity index (χ1) is 18.0. The molecule has 6 rings (SSSR count). The number of likely N-dealkylation sites (tertiary alicyclic amines) is 1. The zero-order chi connectivity index (χ0) is 27.4. The van der Waals surface area contributed by atoms with Gasteiger partial charge in [-0.25, -0.2) is 0 Å². The Morgan fingerprint density at radius 3 is 2.37 bits per heavy atom. The SMILES string of the molecule is CCC[C@@H]1[C@H]2C[C@H]3CN(C)[C@@H]1[C@@]3(c1ccc([N+](=O)[O-])cc1)N(C(=O)C(C)(C)C)[C@@H]2C(=O)NC1CCCCC1. The first-order valence-corrected chi connectivity index (χ1v) is 14.6. The van der Waals surface area contributed by atoms with E-state index in [0.717, 1.165) is 57.1 Å². The van der Waals surface area contributed by atoms with E-state index in [9.17, 15) is 19.7 Å². The molecule has 3 aliphatic heterocycles. The Morgan fingerprint density at radius 1 is 1.13 bits per heavy atom. The Morgan fingerprint density at radius 2 is 1.79 bits per heavy atom. The average molecular weight is 525 g/mol. The fourth-order valence-corrected chi connectivity index (χ4v) is 8.55. The fourth-order valence-electron chi connectivity index (χ4n) is 8.55. The van der Waals surface area contributed by atoms with Gasteiger partial charge in [-0.1, -0.05) is 53.4 Å². The van der Waals surface area contributed by atoms with E-state index in [0.29, 0.717) is 0 Å². The number of nitro groups is 1. The molecule has 6 atom stereocenters. The van der Waals surface area contributed by atoms with Crippen molar-refractivity contribution < 1.29 is 14.5 Å². The maximum atomic E-state index is 14.5. The number of fused-ring (bicyclic) bond motifs is 1. The minimum absolute atomic E-state index is 0.00616. The number of likely N-dealkylation sites (N-methyl/N-ethyl adjacent to an activating group) is 1. The second kappa shape index (κ2) is 9.92. The van der Waals surface area contributed by atoms with E-state index in [1.165, 1.54) is 6.42 Å². The van der Waals surface area contributed by atoms with Crippen molar-refractivity contribution in [2.45, 2.75) is 103 Å². The molecular formula is C30H44N4O4. The molecule has 38 heavy (non-hydrogen) atoms. The van der Waals surface area contributed by atoms with Gasteiger partial charge in [-0.15, -0.1) is 0 Å². The molecule has 0 radical (unpaired) electrons. The average Bonchev–Trinajstić information content (AvgIpc) is 3.10. The minimum Gasteiger partial charge on any atom is -0.352 e. The van der Waals surface area contributed by atoms with Crippen LogP contribution in [-0.2, 0) is 15.1 Å². The maximum absolute atomic E-state index is 14.5. The number of carbonyl (C=O) groups excluding carboxylic acids is 2. The van der Waals surface area contributed by atoms with Gasteiger partial charge in [0.05, 0.1) is 10.5 Å². The number of carbonyl (C=O) groups is 2. The van der Waals surface area contributed by atoms with E-state index in [4.69, 9.17) is 0 Å². The summed E-state index contributed by atoms with van der Waals surface area (Å²) in [5.74, 6) is 0.523. The van der Waals surface area contributed by atoms with E-state index >= 15 is 0 Å². The predicted molar refractivity (Wildman–Crippen MR) is 146 cm³/mol. The van der Waals surface area contributed by atoms with Crippen molar-refractivity contribution in [3.8, 4) is 0 Å². The Balaban J connectivity index is 1.68. The quantitative estimate of drug-likeness (QED) is 0.423. The Bertz CT molecular complexity index is 1080. The summed E-state index contributed by atoms with van der Waals surface area (Å²) in [5, 5.41) is 14.9. The van der Waals surface area contributed by atoms with Crippen LogP contribution in [0.4, 0.5) is 5.69 Å². The summed E-state index contributed by atoms with van der Waals surface area (Å²) in [4.78, 5) is 44.3. The van der Waals surface area contributed by atoms with Crippen LogP contribution in [0.15, 0.2) is 24.3 Å². The zero-order valence-corrected chi connectivity index (χ0v) is 23.6. The van der Waals surface area contributed by atoms with Gasteiger partial charge in [-0.3, -0.25) is 19.7 Å². The summed E-state index contributed by atoms with van der Waals surface area (Å²) in [6.07, 6.45) is 8.35. The van der Waals surface area contributed by atoms with E-state index in [1.807, 2.05) is 37.8 Å². The van der Waals surface area contributed by atoms with Crippen molar-refractivity contribution in [2.75, 3.05) is 13.6 Å². The number of hydrogen-bond donors (Lipinski definition) is 1. The molecule has 8 heteroatoms. The van der Waals surface area contributed by atoms with Crippen LogP contribution in [0.2, 0.25) is 0 Å². The van der Waals surface area contributed by atoms with Crippen LogP contribution in [0.25, 0.3) is 0 Å². The molecule has 2 aliphatic carbocycles. The molecule has 5 fully saturated rings. The van der Waals surface area contributed by atoms with E-state index < -0.39 is 17.0 Å². The van der Waals surface area contributed by atoms with Gasteiger partial charge in [-0.05, 0) is 62.3 Å². The van der Waals surface area contributed by atoms with Crippen molar-refractivity contribution in [3.63, 3.8) is 0 Å². The van der Waals surface area contributed by atoms with Crippen LogP contribution in [0.1, 0.15) is 84.6 Å². The number of hydrogen-bond acceptors (Lipinski definition) is 5. The highest BCUT2D eigenvalue weighted by Gasteiger charge is 2.72. The van der Waals surface area contributed by atoms with Crippen LogP contribution >= 0.6 is 0 Å². The molecule has 0 unspecified atom stereocenters. The summed E-state index contributed by atoms with van der Waals surface area (Å²) < 4.78 is 0. The third-order valence-corrected chi connectivity index (χ3v) is 9.89. The molecular weight excluding hydrogens is 480 g/mol. The number of amides is 2. The summed E-state index contributed by atoms with van der Waals surface area (Å²) in [7, 11) is 2.15. The highest BCUT2D eigenvalue weighted by atomic mass is 16.6. The van der Waals surface area contributed by atoms with Crippen molar-refractivity contribution in [1.82, 2.24) is 15.1 Å². The maximum Gasteiger partial charge on any atom is 0.269 e. The molecule has 3 saturated heterocycles. The first kappa shape index (κ1) is 27.1.